The van der Waals surface area contributed by atoms with E-state index < -0.39 is 0 Å². The van der Waals surface area contributed by atoms with Crippen molar-refractivity contribution in [1.82, 2.24) is 15.2 Å². The van der Waals surface area contributed by atoms with Gasteiger partial charge in [-0.15, -0.1) is 0 Å². The van der Waals surface area contributed by atoms with E-state index >= 15 is 0 Å². The maximum atomic E-state index is 13.0. The number of halogens is 3. The number of methoxy groups -OCH3 is 1. The minimum absolute atomic E-state index is 0.00294. The second kappa shape index (κ2) is 9.83. The molecule has 2 atom stereocenters. The van der Waals surface area contributed by atoms with Gasteiger partial charge in [0.2, 0.25) is 5.91 Å². The monoisotopic (exact) mass is 496 g/mol. The molecule has 0 aliphatic carbocycles. The number of aromatic nitrogens is 1. The molecular weight excluding hydrogens is 475 g/mol. The topological polar surface area (TPSA) is 74.8 Å². The van der Waals surface area contributed by atoms with Gasteiger partial charge < -0.3 is 19.9 Å². The van der Waals surface area contributed by atoms with E-state index in [0.29, 0.717) is 60.8 Å². The first-order valence-corrected chi connectivity index (χ1v) is 11.4. The van der Waals surface area contributed by atoms with Gasteiger partial charge in [0, 0.05) is 51.3 Å². The van der Waals surface area contributed by atoms with Crippen LogP contribution in [-0.2, 0) is 9.53 Å². The van der Waals surface area contributed by atoms with E-state index in [1.54, 1.807) is 30.2 Å². The SMILES string of the molecule is COCC1CNC(=O)[C@H]1c1ccc(C(=O)N2CCN(c3nc(Cl)c(Cl)cc3Cl)CC2)cc1. The highest BCUT2D eigenvalue weighted by Crippen LogP contribution is 2.32. The van der Waals surface area contributed by atoms with Crippen LogP contribution in [0.3, 0.4) is 0 Å². The standard InChI is InChI=1S/C22H23Cl3N4O3/c1-32-12-15-11-26-21(30)18(15)13-2-4-14(5-3-13)22(31)29-8-6-28(7-9-29)20-17(24)10-16(23)19(25)27-20/h2-5,10,15,18H,6-9,11-12H2,1H3,(H,26,30)/t15?,18-/m0/s1. The molecule has 1 aromatic heterocycles. The number of piperazine rings is 1. The molecule has 170 valence electrons. The Hall–Kier alpha value is -2.06. The van der Waals surface area contributed by atoms with Gasteiger partial charge >= 0.3 is 0 Å². The number of nitrogens with zero attached hydrogens (tertiary/aromatic N) is 3. The lowest BCUT2D eigenvalue weighted by atomic mass is 9.88. The summed E-state index contributed by atoms with van der Waals surface area (Å²) in [5.41, 5.74) is 1.48. The zero-order chi connectivity index (χ0) is 22.8. The van der Waals surface area contributed by atoms with Crippen LogP contribution < -0.4 is 10.2 Å². The molecule has 3 heterocycles. The van der Waals surface area contributed by atoms with E-state index in [1.165, 1.54) is 0 Å². The Balaban J connectivity index is 1.40. The van der Waals surface area contributed by atoms with Gasteiger partial charge in [0.15, 0.2) is 0 Å². The number of rotatable bonds is 5. The molecule has 2 fully saturated rings. The predicted octanol–water partition coefficient (Wildman–Crippen LogP) is 3.48. The number of hydrogen-bond donors (Lipinski definition) is 1. The molecule has 0 saturated carbocycles. The average molecular weight is 498 g/mol. The first kappa shape index (κ1) is 23.1. The summed E-state index contributed by atoms with van der Waals surface area (Å²) in [6, 6.07) is 8.88. The number of benzene rings is 1. The Kier molecular flexibility index (Phi) is 7.10. The Labute approximate surface area is 201 Å². The molecule has 0 radical (unpaired) electrons. The summed E-state index contributed by atoms with van der Waals surface area (Å²) in [5, 5.41) is 3.83. The summed E-state index contributed by atoms with van der Waals surface area (Å²) in [6.07, 6.45) is 0. The van der Waals surface area contributed by atoms with E-state index in [-0.39, 0.29) is 28.8 Å². The van der Waals surface area contributed by atoms with E-state index in [4.69, 9.17) is 39.5 Å². The molecular formula is C22H23Cl3N4O3. The van der Waals surface area contributed by atoms with Crippen molar-refractivity contribution in [1.29, 1.82) is 0 Å². The Morgan fingerprint density at radius 1 is 1.12 bits per heavy atom. The van der Waals surface area contributed by atoms with Crippen molar-refractivity contribution in [3.8, 4) is 0 Å². The second-order valence-corrected chi connectivity index (χ2v) is 9.08. The normalized spacial score (nSPS) is 21.1. The van der Waals surface area contributed by atoms with Gasteiger partial charge in [0.05, 0.1) is 22.6 Å². The molecule has 2 aromatic rings. The molecule has 32 heavy (non-hydrogen) atoms. The number of carbonyl (C=O) groups excluding carboxylic acids is 2. The van der Waals surface area contributed by atoms with Crippen molar-refractivity contribution in [2.24, 2.45) is 5.92 Å². The third kappa shape index (κ3) is 4.66. The highest BCUT2D eigenvalue weighted by atomic mass is 35.5. The van der Waals surface area contributed by atoms with Crippen molar-refractivity contribution in [2.75, 3.05) is 51.3 Å². The summed E-state index contributed by atoms with van der Waals surface area (Å²) in [6.45, 7) is 3.32. The first-order valence-electron chi connectivity index (χ1n) is 10.3. The van der Waals surface area contributed by atoms with Crippen LogP contribution >= 0.6 is 34.8 Å². The zero-order valence-electron chi connectivity index (χ0n) is 17.5. The number of ether oxygens (including phenoxy) is 1. The van der Waals surface area contributed by atoms with Gasteiger partial charge in [-0.1, -0.05) is 46.9 Å². The van der Waals surface area contributed by atoms with Crippen molar-refractivity contribution in [3.05, 3.63) is 56.7 Å². The fraction of sp³-hybridized carbons (Fsp3) is 0.409. The zero-order valence-corrected chi connectivity index (χ0v) is 19.8. The molecule has 2 aliphatic heterocycles. The van der Waals surface area contributed by atoms with Crippen molar-refractivity contribution in [3.63, 3.8) is 0 Å². The van der Waals surface area contributed by atoms with E-state index in [0.717, 1.165) is 5.56 Å². The number of anilines is 1. The van der Waals surface area contributed by atoms with Crippen molar-refractivity contribution in [2.45, 2.75) is 5.92 Å². The third-order valence-corrected chi connectivity index (χ3v) is 6.88. The summed E-state index contributed by atoms with van der Waals surface area (Å²) >= 11 is 18.3. The van der Waals surface area contributed by atoms with Crippen LogP contribution in [0, 0.1) is 5.92 Å². The fourth-order valence-electron chi connectivity index (χ4n) is 4.26. The maximum Gasteiger partial charge on any atom is 0.253 e. The highest BCUT2D eigenvalue weighted by molar-refractivity contribution is 6.42. The summed E-state index contributed by atoms with van der Waals surface area (Å²) < 4.78 is 5.24. The van der Waals surface area contributed by atoms with E-state index in [9.17, 15) is 9.59 Å². The molecule has 10 heteroatoms. The van der Waals surface area contributed by atoms with Crippen LogP contribution in [0.2, 0.25) is 15.2 Å². The molecule has 1 unspecified atom stereocenters. The van der Waals surface area contributed by atoms with Crippen molar-refractivity contribution >= 4 is 52.4 Å². The molecule has 1 N–H and O–H groups in total. The molecule has 4 rings (SSSR count). The lowest BCUT2D eigenvalue weighted by molar-refractivity contribution is -0.120. The lowest BCUT2D eigenvalue weighted by Gasteiger charge is -2.36. The van der Waals surface area contributed by atoms with Gasteiger partial charge in [-0.25, -0.2) is 4.98 Å². The maximum absolute atomic E-state index is 13.0. The second-order valence-electron chi connectivity index (χ2n) is 7.91. The molecule has 7 nitrogen and oxygen atoms in total. The minimum Gasteiger partial charge on any atom is -0.384 e. The first-order chi connectivity index (χ1) is 15.4. The van der Waals surface area contributed by atoms with Gasteiger partial charge in [-0.2, -0.15) is 0 Å². The average Bonchev–Trinajstić information content (AvgIpc) is 3.16. The summed E-state index contributed by atoms with van der Waals surface area (Å²) in [7, 11) is 1.63. The van der Waals surface area contributed by atoms with Gasteiger partial charge in [0.25, 0.3) is 5.91 Å². The molecule has 0 bridgehead atoms. The molecule has 1 aromatic carbocycles. The van der Waals surface area contributed by atoms with Gasteiger partial charge in [0.1, 0.15) is 11.0 Å². The quantitative estimate of drug-likeness (QED) is 0.640. The van der Waals surface area contributed by atoms with E-state index in [1.807, 2.05) is 17.0 Å². The van der Waals surface area contributed by atoms with Crippen LogP contribution in [0.5, 0.6) is 0 Å². The smallest absolute Gasteiger partial charge is 0.253 e. The lowest BCUT2D eigenvalue weighted by Crippen LogP contribution is -2.49. The Morgan fingerprint density at radius 2 is 1.81 bits per heavy atom. The number of amides is 2. The van der Waals surface area contributed by atoms with Crippen LogP contribution in [0.1, 0.15) is 21.8 Å². The number of hydrogen-bond acceptors (Lipinski definition) is 5. The van der Waals surface area contributed by atoms with Crippen LogP contribution in [0.15, 0.2) is 30.3 Å². The minimum atomic E-state index is -0.258. The molecule has 2 saturated heterocycles. The predicted molar refractivity (Wildman–Crippen MR) is 125 cm³/mol. The van der Waals surface area contributed by atoms with Crippen LogP contribution in [-0.4, -0.2) is 68.1 Å². The molecule has 0 spiro atoms. The van der Waals surface area contributed by atoms with Gasteiger partial charge in [-0.05, 0) is 23.8 Å². The largest absolute Gasteiger partial charge is 0.384 e. The molecule has 2 amide bonds. The highest BCUT2D eigenvalue weighted by Gasteiger charge is 2.36. The summed E-state index contributed by atoms with van der Waals surface area (Å²) in [5.74, 6) is 0.346. The van der Waals surface area contributed by atoms with Gasteiger partial charge in [-0.3, -0.25) is 9.59 Å². The Morgan fingerprint density at radius 3 is 2.47 bits per heavy atom. The van der Waals surface area contributed by atoms with Crippen LogP contribution in [0.4, 0.5) is 5.82 Å². The number of pyridine rings is 1. The van der Waals surface area contributed by atoms with Crippen LogP contribution in [0.25, 0.3) is 0 Å². The third-order valence-electron chi connectivity index (χ3n) is 5.92. The van der Waals surface area contributed by atoms with E-state index in [2.05, 4.69) is 10.3 Å². The molecule has 2 aliphatic rings. The summed E-state index contributed by atoms with van der Waals surface area (Å²) in [4.78, 5) is 33.3. The Bertz CT molecular complexity index is 1010. The number of carbonyl (C=O) groups is 2. The number of nitrogens with one attached hydrogen (secondary N) is 1. The fourth-order valence-corrected chi connectivity index (χ4v) is 4.87. The van der Waals surface area contributed by atoms with Crippen molar-refractivity contribution < 1.29 is 14.3 Å².